The van der Waals surface area contributed by atoms with Crippen LogP contribution in [0.25, 0.3) is 0 Å². The first-order chi connectivity index (χ1) is 11.7. The molecule has 142 valence electrons. The molecule has 25 heavy (non-hydrogen) atoms. The van der Waals surface area contributed by atoms with E-state index in [2.05, 4.69) is 12.2 Å². The molecule has 5 nitrogen and oxygen atoms in total. The topological polar surface area (TPSA) is 78.9 Å². The Morgan fingerprint density at radius 1 is 1.28 bits per heavy atom. The van der Waals surface area contributed by atoms with Gasteiger partial charge >= 0.3 is 5.97 Å². The number of hydrogen-bond acceptors (Lipinski definition) is 4. The van der Waals surface area contributed by atoms with E-state index in [4.69, 9.17) is 4.74 Å². The van der Waals surface area contributed by atoms with Crippen LogP contribution in [-0.2, 0) is 14.3 Å². The van der Waals surface area contributed by atoms with Crippen molar-refractivity contribution in [2.45, 2.75) is 72.0 Å². The normalized spacial score (nSPS) is 30.0. The van der Waals surface area contributed by atoms with E-state index in [-0.39, 0.29) is 17.0 Å². The van der Waals surface area contributed by atoms with E-state index >= 15 is 0 Å². The molecule has 6 heteroatoms. The summed E-state index contributed by atoms with van der Waals surface area (Å²) in [7, 11) is 0. The van der Waals surface area contributed by atoms with Crippen molar-refractivity contribution in [3.05, 3.63) is 11.8 Å². The van der Waals surface area contributed by atoms with Gasteiger partial charge in [0.1, 0.15) is 5.70 Å². The van der Waals surface area contributed by atoms with Crippen LogP contribution in [0, 0.1) is 10.8 Å². The van der Waals surface area contributed by atoms with Gasteiger partial charge in [0, 0.05) is 0 Å². The van der Waals surface area contributed by atoms with Crippen molar-refractivity contribution in [3.8, 4) is 0 Å². The number of allylic oxidation sites excluding steroid dienone is 1. The van der Waals surface area contributed by atoms with Crippen LogP contribution < -0.4 is 5.32 Å². The third-order valence-corrected chi connectivity index (χ3v) is 6.72. The van der Waals surface area contributed by atoms with E-state index in [0.29, 0.717) is 18.6 Å². The molecule has 2 aliphatic rings. The fourth-order valence-electron chi connectivity index (χ4n) is 3.11. The zero-order chi connectivity index (χ0) is 18.7. The standard InChI is InChI=1S/C19H31NO4S/c1-13-15(24-13)9-11-25-10-7-5-6-8-14(16(21)22)20-17(23)19(4)12-18(19,2)3/h8,13,15H,5-7,9-12H2,1-4H3,(H,20,23)(H,21,22)/b14-8+/t13?,15?,19-/m1/s1. The third kappa shape index (κ3) is 5.48. The fraction of sp³-hybridized carbons (Fsp3) is 0.789. The SMILES string of the molecule is CC1OC1CCSCCCC/C=C(/NC(=O)[C@@]1(C)CC1(C)C)C(=O)O. The van der Waals surface area contributed by atoms with Crippen molar-refractivity contribution in [3.63, 3.8) is 0 Å². The molecule has 0 spiro atoms. The molecule has 1 saturated carbocycles. The number of epoxide rings is 1. The predicted octanol–water partition coefficient (Wildman–Crippen LogP) is 3.59. The maximum atomic E-state index is 12.3. The van der Waals surface area contributed by atoms with Crippen molar-refractivity contribution in [2.75, 3.05) is 11.5 Å². The molecule has 0 radical (unpaired) electrons. The highest BCUT2D eigenvalue weighted by Gasteiger charge is 2.62. The van der Waals surface area contributed by atoms with Gasteiger partial charge in [-0.1, -0.05) is 26.8 Å². The maximum Gasteiger partial charge on any atom is 0.352 e. The molecule has 3 atom stereocenters. The second kappa shape index (κ2) is 8.12. The number of hydrogen-bond donors (Lipinski definition) is 2. The molecular formula is C19H31NO4S. The number of thioether (sulfide) groups is 1. The summed E-state index contributed by atoms with van der Waals surface area (Å²) in [6, 6.07) is 0. The lowest BCUT2D eigenvalue weighted by molar-refractivity contribution is -0.135. The lowest BCUT2D eigenvalue weighted by Crippen LogP contribution is -2.34. The van der Waals surface area contributed by atoms with Crippen LogP contribution in [0.1, 0.15) is 59.8 Å². The lowest BCUT2D eigenvalue weighted by Gasteiger charge is -2.15. The Morgan fingerprint density at radius 3 is 2.44 bits per heavy atom. The van der Waals surface area contributed by atoms with E-state index in [9.17, 15) is 14.7 Å². The van der Waals surface area contributed by atoms with E-state index in [1.807, 2.05) is 32.5 Å². The molecule has 1 amide bonds. The number of unbranched alkanes of at least 4 members (excludes halogenated alkanes) is 2. The fourth-order valence-corrected chi connectivity index (χ4v) is 4.12. The van der Waals surface area contributed by atoms with Gasteiger partial charge in [0.05, 0.1) is 17.6 Å². The minimum Gasteiger partial charge on any atom is -0.477 e. The molecule has 1 heterocycles. The molecule has 0 aromatic rings. The summed E-state index contributed by atoms with van der Waals surface area (Å²) in [4.78, 5) is 23.7. The van der Waals surface area contributed by atoms with Gasteiger partial charge in [-0.15, -0.1) is 0 Å². The van der Waals surface area contributed by atoms with Gasteiger partial charge in [0.15, 0.2) is 0 Å². The Hall–Kier alpha value is -1.01. The number of nitrogens with one attached hydrogen (secondary N) is 1. The first-order valence-electron chi connectivity index (χ1n) is 9.15. The van der Waals surface area contributed by atoms with E-state index in [1.165, 1.54) is 0 Å². The van der Waals surface area contributed by atoms with Crippen LogP contribution in [0.15, 0.2) is 11.8 Å². The minimum absolute atomic E-state index is 0.0152. The molecule has 2 rings (SSSR count). The van der Waals surface area contributed by atoms with Crippen molar-refractivity contribution in [1.82, 2.24) is 5.32 Å². The van der Waals surface area contributed by atoms with E-state index < -0.39 is 11.4 Å². The number of carboxylic acid groups (broad SMARTS) is 1. The van der Waals surface area contributed by atoms with Gasteiger partial charge < -0.3 is 15.2 Å². The summed E-state index contributed by atoms with van der Waals surface area (Å²) in [5, 5.41) is 11.9. The minimum atomic E-state index is -1.07. The Kier molecular flexibility index (Phi) is 6.60. The van der Waals surface area contributed by atoms with Crippen molar-refractivity contribution in [1.29, 1.82) is 0 Å². The molecule has 2 unspecified atom stereocenters. The Morgan fingerprint density at radius 2 is 1.92 bits per heavy atom. The van der Waals surface area contributed by atoms with E-state index in [0.717, 1.165) is 37.2 Å². The van der Waals surface area contributed by atoms with E-state index in [1.54, 1.807) is 6.08 Å². The molecule has 1 aliphatic heterocycles. The zero-order valence-electron chi connectivity index (χ0n) is 15.8. The summed E-state index contributed by atoms with van der Waals surface area (Å²) < 4.78 is 5.37. The molecule has 0 bridgehead atoms. The number of carbonyl (C=O) groups is 2. The Bertz CT molecular complexity index is 546. The zero-order valence-corrected chi connectivity index (χ0v) is 16.6. The van der Waals surface area contributed by atoms with Gasteiger partial charge in [0.25, 0.3) is 0 Å². The summed E-state index contributed by atoms with van der Waals surface area (Å²) in [5.41, 5.74) is -0.497. The van der Waals surface area contributed by atoms with Crippen LogP contribution in [-0.4, -0.2) is 40.7 Å². The molecule has 2 fully saturated rings. The second-order valence-corrected chi connectivity index (χ2v) is 9.27. The van der Waals surface area contributed by atoms with Gasteiger partial charge in [-0.25, -0.2) is 4.79 Å². The van der Waals surface area contributed by atoms with Gasteiger partial charge in [0.2, 0.25) is 5.91 Å². The van der Waals surface area contributed by atoms with Crippen LogP contribution in [0.5, 0.6) is 0 Å². The maximum absolute atomic E-state index is 12.3. The summed E-state index contributed by atoms with van der Waals surface area (Å²) in [6.07, 6.45) is 7.12. The second-order valence-electron chi connectivity index (χ2n) is 8.05. The molecule has 0 aromatic heterocycles. The van der Waals surface area contributed by atoms with Crippen LogP contribution in [0.2, 0.25) is 0 Å². The Labute approximate surface area is 155 Å². The summed E-state index contributed by atoms with van der Waals surface area (Å²) in [5.74, 6) is 0.951. The molecule has 1 aliphatic carbocycles. The average Bonchev–Trinajstić information content (AvgIpc) is 3.36. The summed E-state index contributed by atoms with van der Waals surface area (Å²) >= 11 is 1.92. The van der Waals surface area contributed by atoms with Crippen LogP contribution >= 0.6 is 11.8 Å². The monoisotopic (exact) mass is 369 g/mol. The van der Waals surface area contributed by atoms with Crippen molar-refractivity contribution < 1.29 is 19.4 Å². The van der Waals surface area contributed by atoms with Gasteiger partial charge in [-0.05, 0) is 55.9 Å². The highest BCUT2D eigenvalue weighted by atomic mass is 32.2. The average molecular weight is 370 g/mol. The molecule has 2 N–H and O–H groups in total. The quantitative estimate of drug-likeness (QED) is 0.330. The van der Waals surface area contributed by atoms with Gasteiger partial charge in [-0.2, -0.15) is 11.8 Å². The number of amides is 1. The number of rotatable bonds is 11. The number of carbonyl (C=O) groups excluding carboxylic acids is 1. The molecule has 0 aromatic carbocycles. The smallest absolute Gasteiger partial charge is 0.352 e. The Balaban J connectivity index is 1.62. The highest BCUT2D eigenvalue weighted by Crippen LogP contribution is 2.63. The first-order valence-corrected chi connectivity index (χ1v) is 10.3. The van der Waals surface area contributed by atoms with Crippen LogP contribution in [0.4, 0.5) is 0 Å². The third-order valence-electron chi connectivity index (χ3n) is 5.62. The highest BCUT2D eigenvalue weighted by molar-refractivity contribution is 7.99. The number of aliphatic carboxylic acids is 1. The van der Waals surface area contributed by atoms with Crippen molar-refractivity contribution >= 4 is 23.6 Å². The number of carboxylic acids is 1. The first kappa shape index (κ1) is 20.3. The van der Waals surface area contributed by atoms with Gasteiger partial charge in [-0.3, -0.25) is 4.79 Å². The summed E-state index contributed by atoms with van der Waals surface area (Å²) in [6.45, 7) is 8.06. The molecular weight excluding hydrogens is 338 g/mol. The predicted molar refractivity (Wildman–Crippen MR) is 100 cm³/mol. The van der Waals surface area contributed by atoms with Crippen LogP contribution in [0.3, 0.4) is 0 Å². The largest absolute Gasteiger partial charge is 0.477 e. The van der Waals surface area contributed by atoms with Crippen molar-refractivity contribution in [2.24, 2.45) is 10.8 Å². The number of ether oxygens (including phenoxy) is 1. The molecule has 1 saturated heterocycles. The lowest BCUT2D eigenvalue weighted by atomic mass is 9.97.